The molecule has 2 aromatic heterocycles. The van der Waals surface area contributed by atoms with Gasteiger partial charge in [0.2, 0.25) is 0 Å². The van der Waals surface area contributed by atoms with Crippen LogP contribution in [0.15, 0.2) is 46.9 Å². The van der Waals surface area contributed by atoms with Crippen LogP contribution in [-0.4, -0.2) is 21.1 Å². The molecule has 0 aliphatic carbocycles. The Labute approximate surface area is 167 Å². The average Bonchev–Trinajstić information content (AvgIpc) is 2.96. The van der Waals surface area contributed by atoms with Gasteiger partial charge in [-0.25, -0.2) is 4.98 Å². The van der Waals surface area contributed by atoms with Gasteiger partial charge in [0.25, 0.3) is 5.56 Å². The number of thioether (sulfide) groups is 1. The van der Waals surface area contributed by atoms with Crippen LogP contribution in [0.2, 0.25) is 0 Å². The standard InChI is InChI=1S/C21H22N2O2S2/c1-5-11-23-20(25)18-13(3)14(4)27-19(18)22-21(23)26-12-17(24)16-9-7-15(6-2)8-10-16/h5,7-10H,1,6,11-12H2,2-4H3. The lowest BCUT2D eigenvalue weighted by molar-refractivity contribution is 0.102. The maximum absolute atomic E-state index is 12.9. The summed E-state index contributed by atoms with van der Waals surface area (Å²) >= 11 is 2.83. The van der Waals surface area contributed by atoms with E-state index in [1.807, 2.05) is 38.1 Å². The number of benzene rings is 1. The third-order valence-corrected chi connectivity index (χ3v) is 6.66. The summed E-state index contributed by atoms with van der Waals surface area (Å²) in [7, 11) is 0. The van der Waals surface area contributed by atoms with E-state index in [1.54, 1.807) is 10.6 Å². The number of fused-ring (bicyclic) bond motifs is 1. The molecule has 0 fully saturated rings. The Balaban J connectivity index is 1.91. The fourth-order valence-corrected chi connectivity index (χ4v) is 4.82. The number of nitrogens with zero attached hydrogens (tertiary/aromatic N) is 2. The van der Waals surface area contributed by atoms with Gasteiger partial charge in [-0.05, 0) is 31.4 Å². The first-order valence-electron chi connectivity index (χ1n) is 8.82. The first-order chi connectivity index (χ1) is 13.0. The molecule has 0 bridgehead atoms. The summed E-state index contributed by atoms with van der Waals surface area (Å²) in [4.78, 5) is 32.0. The van der Waals surface area contributed by atoms with E-state index in [1.165, 1.54) is 28.7 Å². The summed E-state index contributed by atoms with van der Waals surface area (Å²) in [5.74, 6) is 0.268. The largest absolute Gasteiger partial charge is 0.293 e. The molecule has 0 spiro atoms. The molecule has 140 valence electrons. The molecule has 0 unspecified atom stereocenters. The molecule has 0 atom stereocenters. The maximum Gasteiger partial charge on any atom is 0.263 e. The highest BCUT2D eigenvalue weighted by molar-refractivity contribution is 7.99. The van der Waals surface area contributed by atoms with Gasteiger partial charge >= 0.3 is 0 Å². The maximum atomic E-state index is 12.9. The number of allylic oxidation sites excluding steroid dienone is 1. The lowest BCUT2D eigenvalue weighted by Gasteiger charge is -2.10. The highest BCUT2D eigenvalue weighted by atomic mass is 32.2. The lowest BCUT2D eigenvalue weighted by atomic mass is 10.1. The molecule has 27 heavy (non-hydrogen) atoms. The van der Waals surface area contributed by atoms with Crippen LogP contribution < -0.4 is 5.56 Å². The van der Waals surface area contributed by atoms with E-state index < -0.39 is 0 Å². The van der Waals surface area contributed by atoms with Crippen LogP contribution in [-0.2, 0) is 13.0 Å². The molecular formula is C21H22N2O2S2. The molecule has 2 heterocycles. The summed E-state index contributed by atoms with van der Waals surface area (Å²) in [5.41, 5.74) is 2.80. The van der Waals surface area contributed by atoms with E-state index in [4.69, 9.17) is 0 Å². The van der Waals surface area contributed by atoms with Crippen molar-refractivity contribution in [1.82, 2.24) is 9.55 Å². The number of hydrogen-bond acceptors (Lipinski definition) is 5. The van der Waals surface area contributed by atoms with Gasteiger partial charge in [-0.2, -0.15) is 0 Å². The molecule has 0 saturated heterocycles. The van der Waals surface area contributed by atoms with E-state index in [0.29, 0.717) is 22.7 Å². The second-order valence-corrected chi connectivity index (χ2v) is 8.47. The molecule has 6 heteroatoms. The van der Waals surface area contributed by atoms with Gasteiger partial charge in [-0.3, -0.25) is 14.2 Å². The smallest absolute Gasteiger partial charge is 0.263 e. The van der Waals surface area contributed by atoms with Gasteiger partial charge in [-0.1, -0.05) is 49.0 Å². The van der Waals surface area contributed by atoms with Crippen molar-refractivity contribution < 1.29 is 4.79 Å². The molecule has 0 radical (unpaired) electrons. The Bertz CT molecular complexity index is 1060. The van der Waals surface area contributed by atoms with Gasteiger partial charge in [-0.15, -0.1) is 17.9 Å². The molecule has 0 saturated carbocycles. The van der Waals surface area contributed by atoms with Crippen LogP contribution in [0.3, 0.4) is 0 Å². The Morgan fingerprint density at radius 2 is 2.00 bits per heavy atom. The third kappa shape index (κ3) is 3.92. The molecule has 0 amide bonds. The van der Waals surface area contributed by atoms with Crippen LogP contribution in [0.1, 0.15) is 33.3 Å². The third-order valence-electron chi connectivity index (χ3n) is 4.58. The van der Waals surface area contributed by atoms with Crippen LogP contribution in [0.4, 0.5) is 0 Å². The number of carbonyl (C=O) groups excluding carboxylic acids is 1. The highest BCUT2D eigenvalue weighted by Gasteiger charge is 2.17. The monoisotopic (exact) mass is 398 g/mol. The van der Waals surface area contributed by atoms with E-state index in [9.17, 15) is 9.59 Å². The number of aryl methyl sites for hydroxylation is 3. The van der Waals surface area contributed by atoms with Crippen LogP contribution in [0.25, 0.3) is 10.2 Å². The zero-order chi connectivity index (χ0) is 19.6. The van der Waals surface area contributed by atoms with E-state index in [-0.39, 0.29) is 17.1 Å². The molecule has 3 aromatic rings. The second kappa shape index (κ2) is 8.23. The highest BCUT2D eigenvalue weighted by Crippen LogP contribution is 2.28. The molecule has 0 aliphatic heterocycles. The van der Waals surface area contributed by atoms with Crippen molar-refractivity contribution in [3.8, 4) is 0 Å². The van der Waals surface area contributed by atoms with E-state index >= 15 is 0 Å². The fourth-order valence-electron chi connectivity index (χ4n) is 2.85. The Morgan fingerprint density at radius 1 is 1.30 bits per heavy atom. The second-order valence-electron chi connectivity index (χ2n) is 6.32. The molecular weight excluding hydrogens is 376 g/mol. The fraction of sp³-hybridized carbons (Fsp3) is 0.286. The molecule has 0 N–H and O–H groups in total. The number of aromatic nitrogens is 2. The van der Waals surface area contributed by atoms with Crippen molar-refractivity contribution in [2.45, 2.75) is 38.9 Å². The first-order valence-corrected chi connectivity index (χ1v) is 10.6. The minimum absolute atomic E-state index is 0.0284. The number of rotatable bonds is 7. The van der Waals surface area contributed by atoms with Crippen LogP contribution in [0.5, 0.6) is 0 Å². The summed E-state index contributed by atoms with van der Waals surface area (Å²) < 4.78 is 1.60. The lowest BCUT2D eigenvalue weighted by Crippen LogP contribution is -2.23. The molecule has 0 aliphatic rings. The zero-order valence-corrected chi connectivity index (χ0v) is 17.4. The Kier molecular flexibility index (Phi) is 5.97. The summed E-state index contributed by atoms with van der Waals surface area (Å²) in [6.07, 6.45) is 2.62. The Hall–Kier alpha value is -2.18. The minimum atomic E-state index is -0.0657. The van der Waals surface area contributed by atoms with Crippen molar-refractivity contribution in [3.63, 3.8) is 0 Å². The molecule has 4 nitrogen and oxygen atoms in total. The average molecular weight is 399 g/mol. The van der Waals surface area contributed by atoms with Gasteiger partial charge in [0.1, 0.15) is 4.83 Å². The molecule has 3 rings (SSSR count). The summed E-state index contributed by atoms with van der Waals surface area (Å²) in [6.45, 7) is 10.1. The summed E-state index contributed by atoms with van der Waals surface area (Å²) in [6, 6.07) is 7.68. The van der Waals surface area contributed by atoms with Crippen molar-refractivity contribution in [1.29, 1.82) is 0 Å². The first kappa shape index (κ1) is 19.6. The van der Waals surface area contributed by atoms with Gasteiger partial charge in [0, 0.05) is 17.0 Å². The molecule has 1 aromatic carbocycles. The number of carbonyl (C=O) groups is 1. The van der Waals surface area contributed by atoms with Crippen molar-refractivity contribution in [2.24, 2.45) is 0 Å². The number of Topliss-reactive ketones (excluding diaryl/α,β-unsaturated/α-hetero) is 1. The van der Waals surface area contributed by atoms with Gasteiger partial charge in [0.05, 0.1) is 11.1 Å². The normalized spacial score (nSPS) is 11.1. The minimum Gasteiger partial charge on any atom is -0.293 e. The predicted molar refractivity (Wildman–Crippen MR) is 114 cm³/mol. The van der Waals surface area contributed by atoms with E-state index in [2.05, 4.69) is 18.5 Å². The zero-order valence-electron chi connectivity index (χ0n) is 15.7. The van der Waals surface area contributed by atoms with Crippen LogP contribution >= 0.6 is 23.1 Å². The predicted octanol–water partition coefficient (Wildman–Crippen LogP) is 4.80. The number of ketones is 1. The SMILES string of the molecule is C=CCn1c(SCC(=O)c2ccc(CC)cc2)nc2sc(C)c(C)c2c1=O. The van der Waals surface area contributed by atoms with Crippen molar-refractivity contribution in [3.05, 3.63) is 68.8 Å². The number of thiophene rings is 1. The quantitative estimate of drug-likeness (QED) is 0.248. The van der Waals surface area contributed by atoms with Gasteiger partial charge < -0.3 is 0 Å². The van der Waals surface area contributed by atoms with E-state index in [0.717, 1.165) is 21.7 Å². The van der Waals surface area contributed by atoms with Crippen LogP contribution in [0, 0.1) is 13.8 Å². The van der Waals surface area contributed by atoms with Crippen molar-refractivity contribution in [2.75, 3.05) is 5.75 Å². The number of hydrogen-bond donors (Lipinski definition) is 0. The topological polar surface area (TPSA) is 52.0 Å². The Morgan fingerprint density at radius 3 is 2.63 bits per heavy atom. The van der Waals surface area contributed by atoms with Gasteiger partial charge in [0.15, 0.2) is 10.9 Å². The summed E-state index contributed by atoms with van der Waals surface area (Å²) in [5, 5.41) is 1.23. The van der Waals surface area contributed by atoms with Crippen molar-refractivity contribution >= 4 is 39.1 Å².